The second-order valence-electron chi connectivity index (χ2n) is 5.40. The lowest BCUT2D eigenvalue weighted by Gasteiger charge is -2.33. The molecular weight excluding hydrogens is 248 g/mol. The maximum absolute atomic E-state index is 10.9. The van der Waals surface area contributed by atoms with Gasteiger partial charge in [-0.25, -0.2) is 4.98 Å². The van der Waals surface area contributed by atoms with E-state index < -0.39 is 5.97 Å². The molecule has 1 aromatic rings. The van der Waals surface area contributed by atoms with Gasteiger partial charge in [0.05, 0.1) is 17.2 Å². The molecule has 1 aromatic heterocycles. The molecule has 0 bridgehead atoms. The van der Waals surface area contributed by atoms with E-state index in [1.165, 1.54) is 0 Å². The van der Waals surface area contributed by atoms with Crippen LogP contribution in [-0.4, -0.2) is 33.0 Å². The number of aryl methyl sites for hydroxylation is 1. The zero-order chi connectivity index (χ0) is 13.8. The van der Waals surface area contributed by atoms with Crippen molar-refractivity contribution < 1.29 is 9.90 Å². The number of carboxylic acid groups (broad SMARTS) is 1. The topological polar surface area (TPSA) is 53.4 Å². The molecule has 0 aromatic carbocycles. The molecule has 1 N–H and O–H groups in total. The van der Waals surface area contributed by atoms with Gasteiger partial charge in [0.15, 0.2) is 0 Å². The third-order valence-electron chi connectivity index (χ3n) is 2.69. The molecule has 0 spiro atoms. The maximum atomic E-state index is 10.9. The van der Waals surface area contributed by atoms with E-state index in [4.69, 9.17) is 5.11 Å². The Bertz CT molecular complexity index is 396. The van der Waals surface area contributed by atoms with Crippen LogP contribution in [0.3, 0.4) is 0 Å². The summed E-state index contributed by atoms with van der Waals surface area (Å²) in [6, 6.07) is 0. The zero-order valence-corrected chi connectivity index (χ0v) is 12.4. The molecule has 0 radical (unpaired) electrons. The lowest BCUT2D eigenvalue weighted by molar-refractivity contribution is -0.139. The summed E-state index contributed by atoms with van der Waals surface area (Å²) in [6.07, 6.45) is 2.09. The Balaban J connectivity index is 2.72. The van der Waals surface area contributed by atoms with Crippen molar-refractivity contribution >= 4 is 17.3 Å². The summed E-state index contributed by atoms with van der Waals surface area (Å²) < 4.78 is 0. The molecule has 0 aliphatic heterocycles. The zero-order valence-electron chi connectivity index (χ0n) is 11.6. The average Bonchev–Trinajstić information content (AvgIpc) is 2.63. The maximum Gasteiger partial charge on any atom is 0.317 e. The third kappa shape index (κ3) is 4.74. The van der Waals surface area contributed by atoms with Crippen molar-refractivity contribution in [1.82, 2.24) is 9.88 Å². The first kappa shape index (κ1) is 15.1. The Morgan fingerprint density at radius 1 is 1.50 bits per heavy atom. The molecule has 0 saturated heterocycles. The van der Waals surface area contributed by atoms with Gasteiger partial charge in [0.25, 0.3) is 0 Å². The second-order valence-corrected chi connectivity index (χ2v) is 6.35. The van der Waals surface area contributed by atoms with E-state index in [0.29, 0.717) is 6.54 Å². The predicted octanol–water partition coefficient (Wildman–Crippen LogP) is 2.78. The van der Waals surface area contributed by atoms with Crippen molar-refractivity contribution in [1.29, 1.82) is 0 Å². The van der Waals surface area contributed by atoms with Gasteiger partial charge >= 0.3 is 5.97 Å². The van der Waals surface area contributed by atoms with Gasteiger partial charge in [0.1, 0.15) is 0 Å². The van der Waals surface area contributed by atoms with Crippen LogP contribution in [0.2, 0.25) is 0 Å². The molecule has 0 atom stereocenters. The number of nitrogens with zero attached hydrogens (tertiary/aromatic N) is 2. The Labute approximate surface area is 113 Å². The van der Waals surface area contributed by atoms with Gasteiger partial charge in [-0.3, -0.25) is 9.69 Å². The van der Waals surface area contributed by atoms with Crippen molar-refractivity contribution in [2.75, 3.05) is 6.54 Å². The Hall–Kier alpha value is -0.940. The van der Waals surface area contributed by atoms with Gasteiger partial charge in [0.2, 0.25) is 0 Å². The van der Waals surface area contributed by atoms with E-state index in [1.54, 1.807) is 11.3 Å². The first-order valence-electron chi connectivity index (χ1n) is 6.23. The number of hydrogen-bond donors (Lipinski definition) is 1. The number of carboxylic acids is 1. The van der Waals surface area contributed by atoms with E-state index in [-0.39, 0.29) is 12.1 Å². The van der Waals surface area contributed by atoms with Crippen molar-refractivity contribution in [2.24, 2.45) is 0 Å². The van der Waals surface area contributed by atoms with E-state index in [2.05, 4.69) is 11.9 Å². The molecule has 0 amide bonds. The van der Waals surface area contributed by atoms with Crippen molar-refractivity contribution in [2.45, 2.75) is 52.6 Å². The van der Waals surface area contributed by atoms with E-state index >= 15 is 0 Å². The summed E-state index contributed by atoms with van der Waals surface area (Å²) in [5.41, 5.74) is 0.798. The molecule has 0 saturated carbocycles. The monoisotopic (exact) mass is 270 g/mol. The number of hydrogen-bond acceptors (Lipinski definition) is 4. The van der Waals surface area contributed by atoms with Gasteiger partial charge in [-0.05, 0) is 33.6 Å². The van der Waals surface area contributed by atoms with Crippen LogP contribution in [0.1, 0.15) is 44.8 Å². The van der Waals surface area contributed by atoms with Crippen LogP contribution < -0.4 is 0 Å². The molecule has 0 unspecified atom stereocenters. The number of thiazole rings is 1. The van der Waals surface area contributed by atoms with Crippen LogP contribution in [0.5, 0.6) is 0 Å². The summed E-state index contributed by atoms with van der Waals surface area (Å²) in [6.45, 7) is 8.84. The van der Waals surface area contributed by atoms with Gasteiger partial charge in [0, 0.05) is 17.5 Å². The molecule has 1 heterocycles. The highest BCUT2D eigenvalue weighted by Gasteiger charge is 2.24. The smallest absolute Gasteiger partial charge is 0.317 e. The summed E-state index contributed by atoms with van der Waals surface area (Å²) in [7, 11) is 0. The number of aromatic nitrogens is 1. The summed E-state index contributed by atoms with van der Waals surface area (Å²) in [5, 5.41) is 12.1. The highest BCUT2D eigenvalue weighted by molar-refractivity contribution is 7.09. The Morgan fingerprint density at radius 3 is 2.67 bits per heavy atom. The van der Waals surface area contributed by atoms with Crippen LogP contribution in [0.15, 0.2) is 5.38 Å². The molecule has 5 heteroatoms. The van der Waals surface area contributed by atoms with Gasteiger partial charge in [-0.1, -0.05) is 6.92 Å². The van der Waals surface area contributed by atoms with Gasteiger partial charge in [-0.2, -0.15) is 0 Å². The van der Waals surface area contributed by atoms with Crippen LogP contribution >= 0.6 is 11.3 Å². The molecule has 1 rings (SSSR count). The van der Waals surface area contributed by atoms with E-state index in [9.17, 15) is 4.79 Å². The molecular formula is C13H22N2O2S. The van der Waals surface area contributed by atoms with Crippen molar-refractivity contribution in [3.63, 3.8) is 0 Å². The second kappa shape index (κ2) is 6.29. The molecule has 0 aliphatic rings. The molecule has 4 nitrogen and oxygen atoms in total. The quantitative estimate of drug-likeness (QED) is 0.863. The van der Waals surface area contributed by atoms with Gasteiger partial charge < -0.3 is 5.11 Å². The minimum atomic E-state index is -0.797. The van der Waals surface area contributed by atoms with E-state index in [1.807, 2.05) is 31.1 Å². The fourth-order valence-electron chi connectivity index (χ4n) is 1.64. The largest absolute Gasteiger partial charge is 0.480 e. The molecule has 0 aliphatic carbocycles. The van der Waals surface area contributed by atoms with Crippen LogP contribution in [0.4, 0.5) is 0 Å². The highest BCUT2D eigenvalue weighted by atomic mass is 32.1. The summed E-state index contributed by atoms with van der Waals surface area (Å²) in [4.78, 5) is 17.4. The average molecular weight is 270 g/mol. The van der Waals surface area contributed by atoms with Crippen LogP contribution in [-0.2, 0) is 17.8 Å². The van der Waals surface area contributed by atoms with Crippen molar-refractivity contribution in [3.05, 3.63) is 16.1 Å². The molecule has 102 valence electrons. The number of aliphatic carboxylic acids is 1. The standard InChI is InChI=1S/C13H22N2O2S/c1-5-6-11-14-10(9-18-11)7-15(8-12(16)17)13(2,3)4/h9H,5-8H2,1-4H3,(H,16,17). The van der Waals surface area contributed by atoms with Crippen molar-refractivity contribution in [3.8, 4) is 0 Å². The Kier molecular flexibility index (Phi) is 5.28. The lowest BCUT2D eigenvalue weighted by atomic mass is 10.1. The summed E-state index contributed by atoms with van der Waals surface area (Å²) in [5.74, 6) is -0.797. The molecule has 18 heavy (non-hydrogen) atoms. The number of carbonyl (C=O) groups is 1. The van der Waals surface area contributed by atoms with Gasteiger partial charge in [-0.15, -0.1) is 11.3 Å². The minimum absolute atomic E-state index is 0.0458. The predicted molar refractivity (Wildman–Crippen MR) is 73.9 cm³/mol. The fraction of sp³-hybridized carbons (Fsp3) is 0.692. The van der Waals surface area contributed by atoms with Crippen LogP contribution in [0, 0.1) is 0 Å². The lowest BCUT2D eigenvalue weighted by Crippen LogP contribution is -2.43. The molecule has 0 fully saturated rings. The Morgan fingerprint density at radius 2 is 2.17 bits per heavy atom. The minimum Gasteiger partial charge on any atom is -0.480 e. The van der Waals surface area contributed by atoms with E-state index in [0.717, 1.165) is 23.5 Å². The first-order valence-corrected chi connectivity index (χ1v) is 7.11. The normalized spacial score (nSPS) is 12.1. The SMILES string of the molecule is CCCc1nc(CN(CC(=O)O)C(C)(C)C)cs1. The summed E-state index contributed by atoms with van der Waals surface area (Å²) >= 11 is 1.66. The van der Waals surface area contributed by atoms with Crippen LogP contribution in [0.25, 0.3) is 0 Å². The number of rotatable bonds is 6. The third-order valence-corrected chi connectivity index (χ3v) is 3.65. The first-order chi connectivity index (χ1) is 8.32. The highest BCUT2D eigenvalue weighted by Crippen LogP contribution is 2.19. The fourth-order valence-corrected chi connectivity index (χ4v) is 2.53.